The second-order valence-electron chi connectivity index (χ2n) is 6.99. The Bertz CT molecular complexity index is 310. The second kappa shape index (κ2) is 6.20. The van der Waals surface area contributed by atoms with Crippen molar-refractivity contribution >= 4 is 5.91 Å². The van der Waals surface area contributed by atoms with Crippen molar-refractivity contribution in [3.05, 3.63) is 0 Å². The molecule has 1 fully saturated rings. The number of morpholine rings is 1. The van der Waals surface area contributed by atoms with E-state index in [1.807, 2.05) is 20.8 Å². The summed E-state index contributed by atoms with van der Waals surface area (Å²) in [4.78, 5) is 14.3. The number of nitrogens with zero attached hydrogens (tertiary/aromatic N) is 1. The molecule has 1 atom stereocenters. The Morgan fingerprint density at radius 3 is 2.63 bits per heavy atom. The van der Waals surface area contributed by atoms with Gasteiger partial charge >= 0.3 is 0 Å². The van der Waals surface area contributed by atoms with Crippen molar-refractivity contribution in [1.29, 1.82) is 0 Å². The Labute approximate surface area is 116 Å². The summed E-state index contributed by atoms with van der Waals surface area (Å²) in [5, 5.41) is 2.93. The maximum atomic E-state index is 11.9. The van der Waals surface area contributed by atoms with Crippen LogP contribution in [0, 0.1) is 5.41 Å². The summed E-state index contributed by atoms with van der Waals surface area (Å²) in [6, 6.07) is -0.467. The molecular weight excluding hydrogens is 242 g/mol. The third-order valence-electron chi connectivity index (χ3n) is 3.71. The Hall–Kier alpha value is -0.650. The van der Waals surface area contributed by atoms with E-state index in [9.17, 15) is 4.79 Å². The monoisotopic (exact) mass is 271 g/mol. The first-order valence-electron chi connectivity index (χ1n) is 7.01. The first kappa shape index (κ1) is 16.4. The van der Waals surface area contributed by atoms with Gasteiger partial charge < -0.3 is 15.8 Å². The van der Waals surface area contributed by atoms with E-state index in [-0.39, 0.29) is 16.9 Å². The lowest BCUT2D eigenvalue weighted by Gasteiger charge is -2.42. The van der Waals surface area contributed by atoms with Gasteiger partial charge in [0.15, 0.2) is 0 Å². The van der Waals surface area contributed by atoms with Gasteiger partial charge in [-0.05, 0) is 19.3 Å². The molecule has 1 amide bonds. The van der Waals surface area contributed by atoms with Gasteiger partial charge in [0.25, 0.3) is 0 Å². The van der Waals surface area contributed by atoms with Crippen LogP contribution >= 0.6 is 0 Å². The standard InChI is InChI=1S/C14H29N3O2/c1-13(2,3)11(15)12(18)16-6-7-17-8-9-19-10-14(17,4)5/h11H,6-10,15H2,1-5H3,(H,16,18)/t11-/m1/s1. The molecule has 112 valence electrons. The van der Waals surface area contributed by atoms with Gasteiger partial charge in [0.1, 0.15) is 0 Å². The van der Waals surface area contributed by atoms with E-state index in [0.717, 1.165) is 26.3 Å². The van der Waals surface area contributed by atoms with Crippen LogP contribution in [0.2, 0.25) is 0 Å². The van der Waals surface area contributed by atoms with E-state index < -0.39 is 6.04 Å². The molecule has 0 aliphatic carbocycles. The number of carbonyl (C=O) groups is 1. The number of hydrogen-bond donors (Lipinski definition) is 2. The van der Waals surface area contributed by atoms with Gasteiger partial charge in [-0.1, -0.05) is 20.8 Å². The SMILES string of the molecule is CC(C)(C)[C@H](N)C(=O)NCCN1CCOCC1(C)C. The zero-order valence-corrected chi connectivity index (χ0v) is 13.0. The molecule has 0 bridgehead atoms. The van der Waals surface area contributed by atoms with Crippen molar-refractivity contribution in [2.75, 3.05) is 32.8 Å². The number of nitrogens with two attached hydrogens (primary N) is 1. The minimum absolute atomic E-state index is 0.0368. The molecule has 0 unspecified atom stereocenters. The highest BCUT2D eigenvalue weighted by Gasteiger charge is 2.31. The Morgan fingerprint density at radius 1 is 1.47 bits per heavy atom. The third-order valence-corrected chi connectivity index (χ3v) is 3.71. The highest BCUT2D eigenvalue weighted by atomic mass is 16.5. The molecular formula is C14H29N3O2. The Morgan fingerprint density at radius 2 is 2.11 bits per heavy atom. The van der Waals surface area contributed by atoms with Crippen LogP contribution in [0.25, 0.3) is 0 Å². The molecule has 0 aromatic rings. The number of amides is 1. The minimum atomic E-state index is -0.467. The summed E-state index contributed by atoms with van der Waals surface area (Å²) < 4.78 is 5.48. The van der Waals surface area contributed by atoms with Crippen molar-refractivity contribution in [1.82, 2.24) is 10.2 Å². The third kappa shape index (κ3) is 4.75. The molecule has 0 spiro atoms. The van der Waals surface area contributed by atoms with Crippen LogP contribution in [-0.2, 0) is 9.53 Å². The van der Waals surface area contributed by atoms with Gasteiger partial charge in [-0.15, -0.1) is 0 Å². The second-order valence-corrected chi connectivity index (χ2v) is 6.99. The highest BCUT2D eigenvalue weighted by molar-refractivity contribution is 5.82. The molecule has 1 saturated heterocycles. The van der Waals surface area contributed by atoms with Gasteiger partial charge in [-0.3, -0.25) is 9.69 Å². The van der Waals surface area contributed by atoms with Crippen molar-refractivity contribution in [3.63, 3.8) is 0 Å². The number of rotatable bonds is 4. The van der Waals surface area contributed by atoms with Crippen molar-refractivity contribution < 1.29 is 9.53 Å². The zero-order chi connectivity index (χ0) is 14.7. The lowest BCUT2D eigenvalue weighted by atomic mass is 9.87. The molecule has 1 rings (SSSR count). The summed E-state index contributed by atoms with van der Waals surface area (Å²) in [6.45, 7) is 14.1. The fourth-order valence-corrected chi connectivity index (χ4v) is 2.12. The summed E-state index contributed by atoms with van der Waals surface area (Å²) in [5.41, 5.74) is 5.75. The fourth-order valence-electron chi connectivity index (χ4n) is 2.12. The predicted molar refractivity (Wildman–Crippen MR) is 76.9 cm³/mol. The average molecular weight is 271 g/mol. The number of carbonyl (C=O) groups excluding carboxylic acids is 1. The smallest absolute Gasteiger partial charge is 0.237 e. The molecule has 0 radical (unpaired) electrons. The van der Waals surface area contributed by atoms with E-state index in [2.05, 4.69) is 24.1 Å². The van der Waals surface area contributed by atoms with E-state index in [4.69, 9.17) is 10.5 Å². The van der Waals surface area contributed by atoms with E-state index in [1.54, 1.807) is 0 Å². The summed E-state index contributed by atoms with van der Waals surface area (Å²) in [5.74, 6) is -0.0708. The van der Waals surface area contributed by atoms with Crippen molar-refractivity contribution in [3.8, 4) is 0 Å². The van der Waals surface area contributed by atoms with Gasteiger partial charge in [-0.2, -0.15) is 0 Å². The van der Waals surface area contributed by atoms with Crippen LogP contribution in [0.1, 0.15) is 34.6 Å². The molecule has 1 aliphatic rings. The van der Waals surface area contributed by atoms with Crippen LogP contribution in [-0.4, -0.2) is 55.2 Å². The quantitative estimate of drug-likeness (QED) is 0.785. The summed E-state index contributed by atoms with van der Waals surface area (Å²) in [6.07, 6.45) is 0. The van der Waals surface area contributed by atoms with Gasteiger partial charge in [0.2, 0.25) is 5.91 Å². The van der Waals surface area contributed by atoms with Crippen LogP contribution in [0.5, 0.6) is 0 Å². The first-order valence-corrected chi connectivity index (χ1v) is 7.01. The lowest BCUT2D eigenvalue weighted by molar-refractivity contribution is -0.124. The molecule has 0 aromatic heterocycles. The van der Waals surface area contributed by atoms with Gasteiger partial charge in [0.05, 0.1) is 19.3 Å². The van der Waals surface area contributed by atoms with E-state index in [0.29, 0.717) is 6.54 Å². The van der Waals surface area contributed by atoms with Crippen LogP contribution in [0.4, 0.5) is 0 Å². The van der Waals surface area contributed by atoms with Crippen molar-refractivity contribution in [2.45, 2.75) is 46.2 Å². The summed E-state index contributed by atoms with van der Waals surface area (Å²) in [7, 11) is 0. The molecule has 1 heterocycles. The minimum Gasteiger partial charge on any atom is -0.378 e. The molecule has 1 aliphatic heterocycles. The van der Waals surface area contributed by atoms with Gasteiger partial charge in [-0.25, -0.2) is 0 Å². The molecule has 19 heavy (non-hydrogen) atoms. The fraction of sp³-hybridized carbons (Fsp3) is 0.929. The molecule has 5 nitrogen and oxygen atoms in total. The largest absolute Gasteiger partial charge is 0.378 e. The van der Waals surface area contributed by atoms with Gasteiger partial charge in [0, 0.05) is 25.2 Å². The van der Waals surface area contributed by atoms with E-state index in [1.165, 1.54) is 0 Å². The molecule has 0 saturated carbocycles. The normalized spacial score (nSPS) is 22.0. The maximum Gasteiger partial charge on any atom is 0.237 e. The number of ether oxygens (including phenoxy) is 1. The average Bonchev–Trinajstić information content (AvgIpc) is 2.28. The topological polar surface area (TPSA) is 67.6 Å². The van der Waals surface area contributed by atoms with E-state index >= 15 is 0 Å². The molecule has 5 heteroatoms. The predicted octanol–water partition coefficient (Wildman–Crippen LogP) is 0.587. The zero-order valence-electron chi connectivity index (χ0n) is 13.0. The van der Waals surface area contributed by atoms with Crippen LogP contribution in [0.15, 0.2) is 0 Å². The maximum absolute atomic E-state index is 11.9. The van der Waals surface area contributed by atoms with Crippen LogP contribution < -0.4 is 11.1 Å². The molecule has 3 N–H and O–H groups in total. The Balaban J connectivity index is 2.36. The summed E-state index contributed by atoms with van der Waals surface area (Å²) >= 11 is 0. The number of nitrogens with one attached hydrogen (secondary N) is 1. The highest BCUT2D eigenvalue weighted by Crippen LogP contribution is 2.18. The first-order chi connectivity index (χ1) is 8.64. The Kier molecular flexibility index (Phi) is 5.35. The molecule has 0 aromatic carbocycles. The lowest BCUT2D eigenvalue weighted by Crippen LogP contribution is -2.56. The van der Waals surface area contributed by atoms with Crippen LogP contribution in [0.3, 0.4) is 0 Å². The van der Waals surface area contributed by atoms with Crippen molar-refractivity contribution in [2.24, 2.45) is 11.1 Å². The number of hydrogen-bond acceptors (Lipinski definition) is 4.